The maximum absolute atomic E-state index is 6.37. The summed E-state index contributed by atoms with van der Waals surface area (Å²) in [5.74, 6) is 1.91. The largest absolute Gasteiger partial charge is 0.382 e. The highest BCUT2D eigenvalue weighted by Crippen LogP contribution is 2.41. The Morgan fingerprint density at radius 2 is 1.96 bits per heavy atom. The molecule has 3 aromatic heterocycles. The van der Waals surface area contributed by atoms with Crippen molar-refractivity contribution >= 4 is 23.4 Å². The number of hydrogen-bond donors (Lipinski definition) is 3. The first-order chi connectivity index (χ1) is 13.6. The molecule has 0 aromatic carbocycles. The van der Waals surface area contributed by atoms with E-state index in [9.17, 15) is 0 Å². The number of H-pyrrole nitrogens is 1. The predicted octanol–water partition coefficient (Wildman–Crippen LogP) is 4.43. The van der Waals surface area contributed by atoms with Crippen LogP contribution in [0.25, 0.3) is 11.4 Å². The molecule has 0 spiro atoms. The van der Waals surface area contributed by atoms with Gasteiger partial charge in [-0.05, 0) is 56.2 Å². The standard InChI is InChI=1S/C20H22ClN7/c1-10(14-7-6-13(9-23-14)11-2-3-11)24-20-25-18(17(21)19(22)26-20)16-8-15(27-28-16)12-4-5-12/h6-12H,2-5H2,1H3,(H,27,28)(H3,22,24,25,26). The van der Waals surface area contributed by atoms with Crippen LogP contribution in [-0.2, 0) is 0 Å². The van der Waals surface area contributed by atoms with Gasteiger partial charge < -0.3 is 11.1 Å². The lowest BCUT2D eigenvalue weighted by Crippen LogP contribution is -2.12. The Morgan fingerprint density at radius 1 is 1.18 bits per heavy atom. The number of halogens is 1. The van der Waals surface area contributed by atoms with Crippen molar-refractivity contribution in [2.75, 3.05) is 11.1 Å². The Labute approximate surface area is 168 Å². The second kappa shape index (κ2) is 6.74. The van der Waals surface area contributed by atoms with Crippen LogP contribution in [0.5, 0.6) is 0 Å². The van der Waals surface area contributed by atoms with Crippen LogP contribution < -0.4 is 11.1 Å². The van der Waals surface area contributed by atoms with Crippen LogP contribution in [0.1, 0.15) is 67.4 Å². The minimum absolute atomic E-state index is 0.0668. The van der Waals surface area contributed by atoms with Crippen molar-refractivity contribution in [3.63, 3.8) is 0 Å². The lowest BCUT2D eigenvalue weighted by atomic mass is 10.1. The zero-order chi connectivity index (χ0) is 19.3. The van der Waals surface area contributed by atoms with E-state index in [1.807, 2.05) is 19.2 Å². The van der Waals surface area contributed by atoms with Gasteiger partial charge in [-0.15, -0.1) is 0 Å². The quantitative estimate of drug-likeness (QED) is 0.570. The molecule has 8 heteroatoms. The summed E-state index contributed by atoms with van der Waals surface area (Å²) in [6.07, 6.45) is 6.89. The van der Waals surface area contributed by atoms with Gasteiger partial charge in [-0.2, -0.15) is 10.1 Å². The van der Waals surface area contributed by atoms with Gasteiger partial charge in [-0.1, -0.05) is 17.7 Å². The van der Waals surface area contributed by atoms with Gasteiger partial charge in [0.1, 0.15) is 22.2 Å². The average Bonchev–Trinajstić information content (AvgIpc) is 3.63. The van der Waals surface area contributed by atoms with E-state index in [-0.39, 0.29) is 11.9 Å². The van der Waals surface area contributed by atoms with Crippen LogP contribution in [0.4, 0.5) is 11.8 Å². The molecule has 0 bridgehead atoms. The molecule has 0 saturated heterocycles. The Kier molecular flexibility index (Phi) is 4.19. The van der Waals surface area contributed by atoms with Gasteiger partial charge >= 0.3 is 0 Å². The molecule has 144 valence electrons. The van der Waals surface area contributed by atoms with Crippen molar-refractivity contribution in [3.05, 3.63) is 46.4 Å². The number of hydrogen-bond acceptors (Lipinski definition) is 6. The summed E-state index contributed by atoms with van der Waals surface area (Å²) in [7, 11) is 0. The van der Waals surface area contributed by atoms with Crippen LogP contribution in [0.2, 0.25) is 5.02 Å². The van der Waals surface area contributed by atoms with E-state index in [1.165, 1.54) is 31.2 Å². The SMILES string of the molecule is CC(Nc1nc(N)c(Cl)c(-c2cc(C3CC3)[nH]n2)n1)c1ccc(C2CC2)cn1. The Balaban J connectivity index is 1.38. The van der Waals surface area contributed by atoms with Gasteiger partial charge in [0.2, 0.25) is 5.95 Å². The summed E-state index contributed by atoms with van der Waals surface area (Å²) in [5.41, 5.74) is 10.6. The molecule has 0 amide bonds. The number of anilines is 2. The van der Waals surface area contributed by atoms with E-state index in [2.05, 4.69) is 42.6 Å². The molecule has 0 aliphatic heterocycles. The highest BCUT2D eigenvalue weighted by molar-refractivity contribution is 6.35. The molecule has 28 heavy (non-hydrogen) atoms. The number of aromatic amines is 1. The number of nitrogens with two attached hydrogens (primary N) is 1. The number of pyridine rings is 1. The van der Waals surface area contributed by atoms with Crippen molar-refractivity contribution < 1.29 is 0 Å². The summed E-state index contributed by atoms with van der Waals surface area (Å²) in [6, 6.07) is 6.14. The summed E-state index contributed by atoms with van der Waals surface area (Å²) < 4.78 is 0. The minimum atomic E-state index is -0.0668. The normalized spacial score (nSPS) is 17.5. The first-order valence-corrected chi connectivity index (χ1v) is 10.1. The van der Waals surface area contributed by atoms with E-state index in [1.54, 1.807) is 0 Å². The lowest BCUT2D eigenvalue weighted by molar-refractivity contribution is 0.818. The van der Waals surface area contributed by atoms with Gasteiger partial charge in [0.15, 0.2) is 0 Å². The van der Waals surface area contributed by atoms with Gasteiger partial charge in [-0.3, -0.25) is 10.1 Å². The number of nitrogens with one attached hydrogen (secondary N) is 2. The molecular formula is C20H22ClN7. The summed E-state index contributed by atoms with van der Waals surface area (Å²) >= 11 is 6.37. The summed E-state index contributed by atoms with van der Waals surface area (Å²) in [5, 5.41) is 11.0. The summed E-state index contributed by atoms with van der Waals surface area (Å²) in [4.78, 5) is 13.5. The fraction of sp³-hybridized carbons (Fsp3) is 0.400. The number of aromatic nitrogens is 5. The van der Waals surface area contributed by atoms with Crippen molar-refractivity contribution in [2.24, 2.45) is 0 Å². The Morgan fingerprint density at radius 3 is 2.64 bits per heavy atom. The topological polar surface area (TPSA) is 105 Å². The fourth-order valence-electron chi connectivity index (χ4n) is 3.36. The van der Waals surface area contributed by atoms with E-state index in [0.29, 0.717) is 34.2 Å². The first kappa shape index (κ1) is 17.4. The molecule has 0 radical (unpaired) electrons. The van der Waals surface area contributed by atoms with Gasteiger partial charge in [0, 0.05) is 17.8 Å². The highest BCUT2D eigenvalue weighted by Gasteiger charge is 2.27. The molecule has 3 aromatic rings. The smallest absolute Gasteiger partial charge is 0.225 e. The van der Waals surface area contributed by atoms with E-state index in [0.717, 1.165) is 11.4 Å². The zero-order valence-corrected chi connectivity index (χ0v) is 16.4. The minimum Gasteiger partial charge on any atom is -0.382 e. The van der Waals surface area contributed by atoms with Crippen molar-refractivity contribution in [2.45, 2.75) is 50.5 Å². The molecule has 1 atom stereocenters. The maximum atomic E-state index is 6.37. The van der Waals surface area contributed by atoms with Crippen LogP contribution in [0.15, 0.2) is 24.4 Å². The molecular weight excluding hydrogens is 374 g/mol. The van der Waals surface area contributed by atoms with Crippen LogP contribution in [0, 0.1) is 0 Å². The molecule has 7 nitrogen and oxygen atoms in total. The zero-order valence-electron chi connectivity index (χ0n) is 15.6. The highest BCUT2D eigenvalue weighted by atomic mass is 35.5. The van der Waals surface area contributed by atoms with Crippen molar-refractivity contribution in [1.29, 1.82) is 0 Å². The van der Waals surface area contributed by atoms with E-state index in [4.69, 9.17) is 17.3 Å². The molecule has 2 fully saturated rings. The van der Waals surface area contributed by atoms with E-state index >= 15 is 0 Å². The summed E-state index contributed by atoms with van der Waals surface area (Å²) in [6.45, 7) is 2.02. The molecule has 2 saturated carbocycles. The molecule has 3 heterocycles. The molecule has 5 rings (SSSR count). The molecule has 2 aliphatic carbocycles. The van der Waals surface area contributed by atoms with Crippen LogP contribution in [-0.4, -0.2) is 25.1 Å². The molecule has 4 N–H and O–H groups in total. The number of nitrogen functional groups attached to an aromatic ring is 1. The third-order valence-corrected chi connectivity index (χ3v) is 5.75. The third kappa shape index (κ3) is 3.42. The second-order valence-electron chi connectivity index (χ2n) is 7.73. The van der Waals surface area contributed by atoms with E-state index < -0.39 is 0 Å². The average molecular weight is 396 g/mol. The molecule has 2 aliphatic rings. The predicted molar refractivity (Wildman–Crippen MR) is 109 cm³/mol. The molecule has 1 unspecified atom stereocenters. The second-order valence-corrected chi connectivity index (χ2v) is 8.11. The number of nitrogens with zero attached hydrogens (tertiary/aromatic N) is 4. The maximum Gasteiger partial charge on any atom is 0.225 e. The van der Waals surface area contributed by atoms with Gasteiger partial charge in [0.25, 0.3) is 0 Å². The third-order valence-electron chi connectivity index (χ3n) is 5.38. The van der Waals surface area contributed by atoms with Crippen LogP contribution >= 0.6 is 11.6 Å². The number of rotatable bonds is 6. The van der Waals surface area contributed by atoms with Gasteiger partial charge in [-0.25, -0.2) is 4.98 Å². The monoisotopic (exact) mass is 395 g/mol. The Bertz CT molecular complexity index is 1010. The lowest BCUT2D eigenvalue weighted by Gasteiger charge is -2.15. The van der Waals surface area contributed by atoms with Crippen molar-refractivity contribution in [3.8, 4) is 11.4 Å². The van der Waals surface area contributed by atoms with Crippen molar-refractivity contribution in [1.82, 2.24) is 25.1 Å². The first-order valence-electron chi connectivity index (χ1n) is 9.69. The fourth-order valence-corrected chi connectivity index (χ4v) is 3.54. The Hall–Kier alpha value is -2.67. The van der Waals surface area contributed by atoms with Crippen LogP contribution in [0.3, 0.4) is 0 Å². The van der Waals surface area contributed by atoms with Gasteiger partial charge in [0.05, 0.1) is 11.7 Å².